The van der Waals surface area contributed by atoms with Crippen molar-refractivity contribution in [2.24, 2.45) is 0 Å². The molecule has 10 heteroatoms. The molecule has 0 aliphatic carbocycles. The van der Waals surface area contributed by atoms with E-state index in [2.05, 4.69) is 15.7 Å². The number of fused-ring (bicyclic) bond motifs is 3. The Balaban J connectivity index is 1.72. The molecule has 2 N–H and O–H groups in total. The van der Waals surface area contributed by atoms with Gasteiger partial charge >= 0.3 is 5.69 Å². The molecule has 2 amide bonds. The fraction of sp³-hybridized carbons (Fsp3) is 0.320. The molecule has 4 aromatic rings. The number of carbonyl (C=O) groups is 2. The van der Waals surface area contributed by atoms with Gasteiger partial charge in [0.2, 0.25) is 17.6 Å². The molecule has 182 valence electrons. The van der Waals surface area contributed by atoms with Crippen molar-refractivity contribution < 1.29 is 9.59 Å². The van der Waals surface area contributed by atoms with Crippen LogP contribution < -0.4 is 21.9 Å². The van der Waals surface area contributed by atoms with E-state index in [1.807, 2.05) is 39.0 Å². The molecule has 2 heterocycles. The third kappa shape index (κ3) is 4.86. The molecule has 0 unspecified atom stereocenters. The normalized spacial score (nSPS) is 12.1. The quantitative estimate of drug-likeness (QED) is 0.403. The number of hydrogen-bond acceptors (Lipinski definition) is 5. The smallest absolute Gasteiger partial charge is 0.352 e. The minimum absolute atomic E-state index is 0.0180. The SMILES string of the molecule is CC[C@@H](C)NC(=O)CCn1c(=O)c2ccccc2n2c(=O)n(CC(=O)Nc3ccccc3C)nc12. The molecule has 0 fully saturated rings. The molecule has 0 aliphatic rings. The maximum Gasteiger partial charge on any atom is 0.352 e. The predicted molar refractivity (Wildman–Crippen MR) is 134 cm³/mol. The molecule has 35 heavy (non-hydrogen) atoms. The average molecular weight is 477 g/mol. The van der Waals surface area contributed by atoms with Gasteiger partial charge < -0.3 is 10.6 Å². The number of nitrogens with zero attached hydrogens (tertiary/aromatic N) is 4. The number of aryl methyl sites for hydroxylation is 2. The number of anilines is 1. The monoisotopic (exact) mass is 476 g/mol. The van der Waals surface area contributed by atoms with Crippen molar-refractivity contribution in [3.8, 4) is 0 Å². The third-order valence-corrected chi connectivity index (χ3v) is 5.98. The Bertz CT molecular complexity index is 1530. The van der Waals surface area contributed by atoms with Crippen molar-refractivity contribution >= 4 is 34.2 Å². The van der Waals surface area contributed by atoms with Crippen molar-refractivity contribution in [2.45, 2.75) is 52.7 Å². The van der Waals surface area contributed by atoms with E-state index in [-0.39, 0.29) is 42.8 Å². The van der Waals surface area contributed by atoms with Crippen LogP contribution in [0, 0.1) is 6.92 Å². The Morgan fingerprint density at radius 2 is 1.74 bits per heavy atom. The summed E-state index contributed by atoms with van der Waals surface area (Å²) in [6, 6.07) is 14.0. The zero-order valence-electron chi connectivity index (χ0n) is 19.9. The zero-order chi connectivity index (χ0) is 25.1. The van der Waals surface area contributed by atoms with Gasteiger partial charge in [-0.2, -0.15) is 0 Å². The van der Waals surface area contributed by atoms with Gasteiger partial charge in [0.15, 0.2) is 0 Å². The van der Waals surface area contributed by atoms with Gasteiger partial charge in [0, 0.05) is 24.7 Å². The summed E-state index contributed by atoms with van der Waals surface area (Å²) in [6.07, 6.45) is 0.837. The Kier molecular flexibility index (Phi) is 6.81. The fourth-order valence-corrected chi connectivity index (χ4v) is 3.87. The lowest BCUT2D eigenvalue weighted by Crippen LogP contribution is -2.34. The first-order valence-corrected chi connectivity index (χ1v) is 11.6. The molecule has 1 atom stereocenters. The summed E-state index contributed by atoms with van der Waals surface area (Å²) in [5.74, 6) is -0.536. The highest BCUT2D eigenvalue weighted by Crippen LogP contribution is 2.14. The Morgan fingerprint density at radius 3 is 2.49 bits per heavy atom. The van der Waals surface area contributed by atoms with E-state index in [1.54, 1.807) is 30.3 Å². The molecule has 10 nitrogen and oxygen atoms in total. The number of para-hydroxylation sites is 2. The fourth-order valence-electron chi connectivity index (χ4n) is 3.87. The van der Waals surface area contributed by atoms with Gasteiger partial charge in [0.25, 0.3) is 5.56 Å². The number of hydrogen-bond donors (Lipinski definition) is 2. The van der Waals surface area contributed by atoms with Gasteiger partial charge in [-0.05, 0) is 44.0 Å². The summed E-state index contributed by atoms with van der Waals surface area (Å²) in [5.41, 5.74) is 1.02. The van der Waals surface area contributed by atoms with E-state index in [9.17, 15) is 19.2 Å². The first-order chi connectivity index (χ1) is 16.8. The summed E-state index contributed by atoms with van der Waals surface area (Å²) in [4.78, 5) is 51.5. The topological polar surface area (TPSA) is 120 Å². The highest BCUT2D eigenvalue weighted by atomic mass is 16.2. The first kappa shape index (κ1) is 23.9. The average Bonchev–Trinajstić information content (AvgIpc) is 3.16. The second kappa shape index (κ2) is 9.96. The van der Waals surface area contributed by atoms with Gasteiger partial charge in [-0.3, -0.25) is 19.0 Å². The van der Waals surface area contributed by atoms with E-state index < -0.39 is 11.6 Å². The molecule has 4 rings (SSSR count). The predicted octanol–water partition coefficient (Wildman–Crippen LogP) is 2.06. The van der Waals surface area contributed by atoms with Crippen LogP contribution in [-0.2, 0) is 22.7 Å². The van der Waals surface area contributed by atoms with Crippen LogP contribution in [0.1, 0.15) is 32.3 Å². The van der Waals surface area contributed by atoms with Crippen molar-refractivity contribution in [3.05, 3.63) is 74.9 Å². The van der Waals surface area contributed by atoms with Crippen LogP contribution in [0.3, 0.4) is 0 Å². The van der Waals surface area contributed by atoms with Crippen LogP contribution in [0.5, 0.6) is 0 Å². The molecule has 2 aromatic heterocycles. The van der Waals surface area contributed by atoms with Crippen LogP contribution in [0.2, 0.25) is 0 Å². The van der Waals surface area contributed by atoms with Gasteiger partial charge in [0.05, 0.1) is 10.9 Å². The number of amides is 2. The molecule has 0 bridgehead atoms. The third-order valence-electron chi connectivity index (χ3n) is 5.98. The van der Waals surface area contributed by atoms with Crippen molar-refractivity contribution in [1.82, 2.24) is 24.1 Å². The highest BCUT2D eigenvalue weighted by Gasteiger charge is 2.19. The molecule has 0 saturated carbocycles. The number of carbonyl (C=O) groups excluding carboxylic acids is 2. The molecule has 0 saturated heterocycles. The van der Waals surface area contributed by atoms with Crippen molar-refractivity contribution in [3.63, 3.8) is 0 Å². The first-order valence-electron chi connectivity index (χ1n) is 11.6. The maximum absolute atomic E-state index is 13.3. The molecular formula is C25H28N6O4. The summed E-state index contributed by atoms with van der Waals surface area (Å²) in [5, 5.41) is 10.3. The van der Waals surface area contributed by atoms with Crippen LogP contribution >= 0.6 is 0 Å². The summed E-state index contributed by atoms with van der Waals surface area (Å²) < 4.78 is 3.66. The number of benzene rings is 2. The van der Waals surface area contributed by atoms with Gasteiger partial charge in [0.1, 0.15) is 6.54 Å². The van der Waals surface area contributed by atoms with Crippen LogP contribution in [0.15, 0.2) is 58.1 Å². The van der Waals surface area contributed by atoms with Crippen molar-refractivity contribution in [1.29, 1.82) is 0 Å². The second-order valence-electron chi connectivity index (χ2n) is 8.54. The van der Waals surface area contributed by atoms with Crippen LogP contribution in [-0.4, -0.2) is 36.6 Å². The second-order valence-corrected chi connectivity index (χ2v) is 8.54. The summed E-state index contributed by atoms with van der Waals surface area (Å²) >= 11 is 0. The standard InChI is InChI=1S/C25H28N6O4/c1-4-17(3)26-21(32)13-14-29-23(34)18-10-6-8-12-20(18)31-24(29)28-30(25(31)35)15-22(33)27-19-11-7-5-9-16(19)2/h5-12,17H,4,13-15H2,1-3H3,(H,26,32)(H,27,33)/t17-/m1/s1. The zero-order valence-corrected chi connectivity index (χ0v) is 19.9. The minimum Gasteiger partial charge on any atom is -0.354 e. The van der Waals surface area contributed by atoms with Crippen molar-refractivity contribution in [2.75, 3.05) is 5.32 Å². The van der Waals surface area contributed by atoms with Gasteiger partial charge in [-0.1, -0.05) is 37.3 Å². The molecule has 0 aliphatic heterocycles. The Morgan fingerprint density at radius 1 is 1.03 bits per heavy atom. The number of aromatic nitrogens is 4. The minimum atomic E-state index is -0.547. The van der Waals surface area contributed by atoms with E-state index in [0.29, 0.717) is 16.6 Å². The summed E-state index contributed by atoms with van der Waals surface area (Å²) in [6.45, 7) is 5.46. The van der Waals surface area contributed by atoms with E-state index in [4.69, 9.17) is 0 Å². The summed E-state index contributed by atoms with van der Waals surface area (Å²) in [7, 11) is 0. The van der Waals surface area contributed by atoms with E-state index in [1.165, 1.54) is 8.97 Å². The molecule has 0 radical (unpaired) electrons. The lowest BCUT2D eigenvalue weighted by Gasteiger charge is -2.12. The highest BCUT2D eigenvalue weighted by molar-refractivity contribution is 5.91. The van der Waals surface area contributed by atoms with Gasteiger partial charge in [-0.15, -0.1) is 5.10 Å². The maximum atomic E-state index is 13.3. The Labute approximate surface area is 201 Å². The van der Waals surface area contributed by atoms with Crippen LogP contribution in [0.25, 0.3) is 16.7 Å². The number of nitrogens with one attached hydrogen (secondary N) is 2. The molecular weight excluding hydrogens is 448 g/mol. The molecule has 2 aromatic carbocycles. The lowest BCUT2D eigenvalue weighted by molar-refractivity contribution is -0.122. The van der Waals surface area contributed by atoms with E-state index >= 15 is 0 Å². The lowest BCUT2D eigenvalue weighted by atomic mass is 10.2. The van der Waals surface area contributed by atoms with Crippen LogP contribution in [0.4, 0.5) is 5.69 Å². The molecule has 0 spiro atoms. The Hall–Kier alpha value is -4.21. The van der Waals surface area contributed by atoms with Gasteiger partial charge in [-0.25, -0.2) is 13.9 Å². The van der Waals surface area contributed by atoms with E-state index in [0.717, 1.165) is 16.7 Å². The number of rotatable bonds is 8. The largest absolute Gasteiger partial charge is 0.354 e.